The van der Waals surface area contributed by atoms with Crippen LogP contribution in [0.4, 0.5) is 4.79 Å². The van der Waals surface area contributed by atoms with E-state index < -0.39 is 0 Å². The molecule has 1 atom stereocenters. The van der Waals surface area contributed by atoms with Crippen LogP contribution in [-0.2, 0) is 17.6 Å². The molecule has 1 aliphatic heterocycles. The van der Waals surface area contributed by atoms with Gasteiger partial charge in [-0.3, -0.25) is 14.9 Å². The second-order valence-corrected chi connectivity index (χ2v) is 8.00. The zero-order valence-electron chi connectivity index (χ0n) is 15.9. The Morgan fingerprint density at radius 1 is 1.10 bits per heavy atom. The molecule has 0 aliphatic carbocycles. The quantitative estimate of drug-likeness (QED) is 0.639. The van der Waals surface area contributed by atoms with Gasteiger partial charge in [0.2, 0.25) is 11.8 Å². The first-order valence-electron chi connectivity index (χ1n) is 9.37. The molecule has 0 spiro atoms. The predicted octanol–water partition coefficient (Wildman–Crippen LogP) is 4.80. The highest BCUT2D eigenvalue weighted by Crippen LogP contribution is 2.24. The maximum absolute atomic E-state index is 11.7. The number of nitrogens with zero attached hydrogens (tertiary/aromatic N) is 1. The molecule has 0 radical (unpaired) electrons. The summed E-state index contributed by atoms with van der Waals surface area (Å²) in [5.74, 6) is 1.26. The maximum atomic E-state index is 11.7. The van der Waals surface area contributed by atoms with Crippen LogP contribution in [0.25, 0.3) is 17.5 Å². The van der Waals surface area contributed by atoms with Crippen molar-refractivity contribution in [2.24, 2.45) is 0 Å². The van der Waals surface area contributed by atoms with Crippen LogP contribution in [0, 0.1) is 6.92 Å². The van der Waals surface area contributed by atoms with Gasteiger partial charge in [-0.15, -0.1) is 0 Å². The molecular weight excluding hydrogens is 384 g/mol. The highest BCUT2D eigenvalue weighted by molar-refractivity contribution is 8.15. The summed E-state index contributed by atoms with van der Waals surface area (Å²) in [5.41, 5.74) is 3.99. The zero-order chi connectivity index (χ0) is 20.2. The summed E-state index contributed by atoms with van der Waals surface area (Å²) in [6.07, 6.45) is 5.34. The van der Waals surface area contributed by atoms with E-state index in [9.17, 15) is 9.59 Å². The lowest BCUT2D eigenvalue weighted by Gasteiger charge is -2.05. The molecule has 0 bridgehead atoms. The van der Waals surface area contributed by atoms with Crippen LogP contribution >= 0.6 is 11.8 Å². The van der Waals surface area contributed by atoms with Gasteiger partial charge in [-0.25, -0.2) is 4.98 Å². The average molecular weight is 404 g/mol. The van der Waals surface area contributed by atoms with E-state index in [1.165, 1.54) is 0 Å². The second-order valence-electron chi connectivity index (χ2n) is 6.82. The maximum Gasteiger partial charge on any atom is 0.286 e. The van der Waals surface area contributed by atoms with Crippen molar-refractivity contribution in [1.29, 1.82) is 0 Å². The van der Waals surface area contributed by atoms with Crippen LogP contribution in [-0.4, -0.2) is 21.4 Å². The average Bonchev–Trinajstić information content (AvgIpc) is 3.25. The Kier molecular flexibility index (Phi) is 5.62. The smallest absolute Gasteiger partial charge is 0.286 e. The molecule has 1 N–H and O–H groups in total. The molecule has 146 valence electrons. The van der Waals surface area contributed by atoms with E-state index in [0.717, 1.165) is 39.9 Å². The summed E-state index contributed by atoms with van der Waals surface area (Å²) in [7, 11) is 0. The van der Waals surface area contributed by atoms with Gasteiger partial charge in [0, 0.05) is 12.0 Å². The number of aromatic nitrogens is 1. The molecule has 6 heteroatoms. The molecule has 5 nitrogen and oxygen atoms in total. The number of benzene rings is 2. The van der Waals surface area contributed by atoms with E-state index >= 15 is 0 Å². The number of thioether (sulfide) groups is 1. The third-order valence-corrected chi connectivity index (χ3v) is 5.68. The first kappa shape index (κ1) is 19.2. The first-order chi connectivity index (χ1) is 14.1. The molecule has 29 heavy (non-hydrogen) atoms. The van der Waals surface area contributed by atoms with Gasteiger partial charge in [0.1, 0.15) is 5.76 Å². The number of rotatable bonds is 6. The van der Waals surface area contributed by atoms with Gasteiger partial charge >= 0.3 is 0 Å². The first-order valence-corrected chi connectivity index (χ1v) is 10.2. The van der Waals surface area contributed by atoms with Gasteiger partial charge in [-0.2, -0.15) is 0 Å². The Labute approximate surface area is 173 Å². The van der Waals surface area contributed by atoms with E-state index in [1.807, 2.05) is 67.6 Å². The number of imide groups is 1. The normalized spacial score (nSPS) is 16.5. The SMILES string of the molecule is Cc1oc(-c2ccccc2)nc1C/C=C/c1ccc(CC2SC(=O)NC2=O)cc1. The summed E-state index contributed by atoms with van der Waals surface area (Å²) in [5, 5.41) is 1.72. The van der Waals surface area contributed by atoms with Gasteiger partial charge in [0.05, 0.1) is 10.9 Å². The number of oxazole rings is 1. The third-order valence-electron chi connectivity index (χ3n) is 4.70. The molecule has 3 aromatic rings. The van der Waals surface area contributed by atoms with Crippen molar-refractivity contribution < 1.29 is 14.0 Å². The number of aryl methyl sites for hydroxylation is 1. The molecular formula is C23H20N2O3S. The van der Waals surface area contributed by atoms with Crippen molar-refractivity contribution in [1.82, 2.24) is 10.3 Å². The highest BCUT2D eigenvalue weighted by Gasteiger charge is 2.31. The van der Waals surface area contributed by atoms with E-state index in [0.29, 0.717) is 18.7 Å². The Morgan fingerprint density at radius 2 is 1.86 bits per heavy atom. The third kappa shape index (κ3) is 4.66. The fraction of sp³-hybridized carbons (Fsp3) is 0.174. The largest absolute Gasteiger partial charge is 0.441 e. The highest BCUT2D eigenvalue weighted by atomic mass is 32.2. The molecule has 2 heterocycles. The lowest BCUT2D eigenvalue weighted by molar-refractivity contribution is -0.118. The molecule has 0 saturated carbocycles. The summed E-state index contributed by atoms with van der Waals surface area (Å²) >= 11 is 1.06. The molecule has 1 fully saturated rings. The number of amides is 2. The minimum Gasteiger partial charge on any atom is -0.441 e. The Balaban J connectivity index is 1.37. The van der Waals surface area contributed by atoms with E-state index in [2.05, 4.69) is 16.4 Å². The predicted molar refractivity (Wildman–Crippen MR) is 114 cm³/mol. The molecule has 2 amide bonds. The number of allylic oxidation sites excluding steroid dienone is 1. The van der Waals surface area contributed by atoms with Crippen LogP contribution in [0.3, 0.4) is 0 Å². The van der Waals surface area contributed by atoms with Crippen molar-refractivity contribution in [3.63, 3.8) is 0 Å². The number of hydrogen-bond donors (Lipinski definition) is 1. The van der Waals surface area contributed by atoms with E-state index in [4.69, 9.17) is 4.42 Å². The summed E-state index contributed by atoms with van der Waals surface area (Å²) in [6, 6.07) is 17.9. The number of carbonyl (C=O) groups excluding carboxylic acids is 2. The lowest BCUT2D eigenvalue weighted by atomic mass is 10.1. The Bertz CT molecular complexity index is 1060. The standard InChI is InChI=1S/C23H20N2O3S/c1-15-19(24-22(28-15)18-7-3-2-4-8-18)9-5-6-16-10-12-17(13-11-16)14-20-21(26)25-23(27)29-20/h2-8,10-13,20H,9,14H2,1H3,(H,25,26,27)/b6-5+. The number of hydrogen-bond acceptors (Lipinski definition) is 5. The van der Waals surface area contributed by atoms with Crippen LogP contribution in [0.15, 0.2) is 65.1 Å². The van der Waals surface area contributed by atoms with Crippen LogP contribution in [0.2, 0.25) is 0 Å². The lowest BCUT2D eigenvalue weighted by Crippen LogP contribution is -2.25. The van der Waals surface area contributed by atoms with Crippen molar-refractivity contribution in [3.05, 3.63) is 83.3 Å². The molecule has 1 saturated heterocycles. The minimum atomic E-state index is -0.335. The topological polar surface area (TPSA) is 72.2 Å². The van der Waals surface area contributed by atoms with Gasteiger partial charge in [0.25, 0.3) is 5.24 Å². The molecule has 4 rings (SSSR count). The number of nitrogens with one attached hydrogen (secondary N) is 1. The molecule has 1 aliphatic rings. The van der Waals surface area contributed by atoms with Gasteiger partial charge in [-0.1, -0.05) is 66.4 Å². The fourth-order valence-electron chi connectivity index (χ4n) is 3.13. The van der Waals surface area contributed by atoms with Gasteiger partial charge in [0.15, 0.2) is 0 Å². The summed E-state index contributed by atoms with van der Waals surface area (Å²) in [6.45, 7) is 1.93. The van der Waals surface area contributed by atoms with Crippen molar-refractivity contribution >= 4 is 29.0 Å². The van der Waals surface area contributed by atoms with Crippen molar-refractivity contribution in [2.45, 2.75) is 25.0 Å². The minimum absolute atomic E-state index is 0.207. The van der Waals surface area contributed by atoms with Crippen LogP contribution in [0.5, 0.6) is 0 Å². The van der Waals surface area contributed by atoms with Crippen LogP contribution < -0.4 is 5.32 Å². The van der Waals surface area contributed by atoms with E-state index in [-0.39, 0.29) is 16.4 Å². The summed E-state index contributed by atoms with van der Waals surface area (Å²) < 4.78 is 5.80. The molecule has 2 aromatic carbocycles. The molecule has 1 aromatic heterocycles. The van der Waals surface area contributed by atoms with Crippen LogP contribution in [0.1, 0.15) is 22.6 Å². The second kappa shape index (κ2) is 8.49. The molecule has 1 unspecified atom stereocenters. The summed E-state index contributed by atoms with van der Waals surface area (Å²) in [4.78, 5) is 27.5. The van der Waals surface area contributed by atoms with Gasteiger partial charge < -0.3 is 4.42 Å². The Hall–Kier alpha value is -3.12. The van der Waals surface area contributed by atoms with Gasteiger partial charge in [-0.05, 0) is 36.6 Å². The van der Waals surface area contributed by atoms with E-state index in [1.54, 1.807) is 0 Å². The number of carbonyl (C=O) groups is 2. The van der Waals surface area contributed by atoms with Crippen molar-refractivity contribution in [3.8, 4) is 11.5 Å². The Morgan fingerprint density at radius 3 is 2.55 bits per heavy atom. The zero-order valence-corrected chi connectivity index (χ0v) is 16.7. The monoisotopic (exact) mass is 404 g/mol. The van der Waals surface area contributed by atoms with Crippen molar-refractivity contribution in [2.75, 3.05) is 0 Å². The fourth-order valence-corrected chi connectivity index (χ4v) is 3.99.